The topological polar surface area (TPSA) is 67.4 Å². The van der Waals surface area contributed by atoms with E-state index in [-0.39, 0.29) is 19.0 Å². The number of ether oxygens (including phenoxy) is 1. The van der Waals surface area contributed by atoms with Gasteiger partial charge < -0.3 is 10.1 Å². The SMILES string of the molecule is CCNCCNS(=O)(=O)C(C)COC.Cl. The molecule has 0 fully saturated rings. The van der Waals surface area contributed by atoms with Crippen molar-refractivity contribution in [3.05, 3.63) is 0 Å². The number of methoxy groups -OCH3 is 1. The first-order chi connectivity index (χ1) is 6.54. The van der Waals surface area contributed by atoms with E-state index in [9.17, 15) is 8.42 Å². The summed E-state index contributed by atoms with van der Waals surface area (Å²) in [6, 6.07) is 0. The molecule has 0 amide bonds. The van der Waals surface area contributed by atoms with Gasteiger partial charge in [-0.25, -0.2) is 13.1 Å². The van der Waals surface area contributed by atoms with E-state index in [2.05, 4.69) is 10.0 Å². The van der Waals surface area contributed by atoms with Crippen molar-refractivity contribution in [3.8, 4) is 0 Å². The summed E-state index contributed by atoms with van der Waals surface area (Å²) in [5.74, 6) is 0. The van der Waals surface area contributed by atoms with Crippen molar-refractivity contribution in [2.75, 3.05) is 33.4 Å². The van der Waals surface area contributed by atoms with Crippen LogP contribution in [0.3, 0.4) is 0 Å². The molecule has 0 rings (SSSR count). The average molecular weight is 261 g/mol. The molecule has 1 atom stereocenters. The Balaban J connectivity index is 0. The van der Waals surface area contributed by atoms with E-state index in [4.69, 9.17) is 4.74 Å². The summed E-state index contributed by atoms with van der Waals surface area (Å²) < 4.78 is 30.2. The molecule has 0 spiro atoms. The van der Waals surface area contributed by atoms with E-state index in [1.165, 1.54) is 7.11 Å². The predicted molar refractivity (Wildman–Crippen MR) is 64.1 cm³/mol. The minimum absolute atomic E-state index is 0. The number of hydrogen-bond donors (Lipinski definition) is 2. The fourth-order valence-electron chi connectivity index (χ4n) is 0.925. The molecule has 1 unspecified atom stereocenters. The van der Waals surface area contributed by atoms with Crippen molar-refractivity contribution in [2.45, 2.75) is 19.1 Å². The Morgan fingerprint density at radius 1 is 1.33 bits per heavy atom. The number of nitrogens with one attached hydrogen (secondary N) is 2. The van der Waals surface area contributed by atoms with Crippen LogP contribution >= 0.6 is 12.4 Å². The van der Waals surface area contributed by atoms with Gasteiger partial charge in [-0.15, -0.1) is 12.4 Å². The molecular formula is C8H21ClN2O3S. The predicted octanol–water partition coefficient (Wildman–Crippen LogP) is -0.0280. The lowest BCUT2D eigenvalue weighted by Crippen LogP contribution is -2.38. The quantitative estimate of drug-likeness (QED) is 0.602. The lowest BCUT2D eigenvalue weighted by atomic mass is 10.5. The highest BCUT2D eigenvalue weighted by Crippen LogP contribution is 1.97. The van der Waals surface area contributed by atoms with Crippen LogP contribution in [0.5, 0.6) is 0 Å². The molecule has 0 aromatic rings. The maximum absolute atomic E-state index is 11.5. The summed E-state index contributed by atoms with van der Waals surface area (Å²) in [5, 5.41) is 2.53. The van der Waals surface area contributed by atoms with Crippen molar-refractivity contribution in [3.63, 3.8) is 0 Å². The van der Waals surface area contributed by atoms with E-state index in [0.29, 0.717) is 13.1 Å². The van der Waals surface area contributed by atoms with Crippen LogP contribution in [0, 0.1) is 0 Å². The maximum atomic E-state index is 11.5. The molecule has 0 aliphatic heterocycles. The number of halogens is 1. The molecule has 7 heteroatoms. The van der Waals surface area contributed by atoms with E-state index in [1.54, 1.807) is 6.92 Å². The normalized spacial score (nSPS) is 13.3. The van der Waals surface area contributed by atoms with E-state index >= 15 is 0 Å². The second-order valence-corrected chi connectivity index (χ2v) is 5.24. The van der Waals surface area contributed by atoms with Gasteiger partial charge >= 0.3 is 0 Å². The first kappa shape index (κ1) is 17.5. The number of likely N-dealkylation sites (N-methyl/N-ethyl adjacent to an activating group) is 1. The van der Waals surface area contributed by atoms with Crippen LogP contribution in [-0.2, 0) is 14.8 Å². The van der Waals surface area contributed by atoms with Crippen molar-refractivity contribution in [1.82, 2.24) is 10.0 Å². The van der Waals surface area contributed by atoms with Gasteiger partial charge in [0.2, 0.25) is 10.0 Å². The lowest BCUT2D eigenvalue weighted by Gasteiger charge is -2.12. The zero-order chi connectivity index (χ0) is 11.0. The molecule has 0 heterocycles. The first-order valence-corrected chi connectivity index (χ1v) is 6.27. The summed E-state index contributed by atoms with van der Waals surface area (Å²) in [6.45, 7) is 5.73. The molecule has 0 aromatic heterocycles. The number of hydrogen-bond acceptors (Lipinski definition) is 4. The minimum Gasteiger partial charge on any atom is -0.383 e. The summed E-state index contributed by atoms with van der Waals surface area (Å²) in [7, 11) is -1.73. The molecule has 0 aromatic carbocycles. The van der Waals surface area contributed by atoms with Crippen LogP contribution in [0.1, 0.15) is 13.8 Å². The summed E-state index contributed by atoms with van der Waals surface area (Å²) >= 11 is 0. The minimum atomic E-state index is -3.22. The Labute approximate surface area is 98.4 Å². The van der Waals surface area contributed by atoms with Gasteiger partial charge in [-0.1, -0.05) is 6.92 Å². The molecule has 94 valence electrons. The van der Waals surface area contributed by atoms with Crippen molar-refractivity contribution in [1.29, 1.82) is 0 Å². The molecule has 0 aliphatic rings. The van der Waals surface area contributed by atoms with Gasteiger partial charge in [0.15, 0.2) is 0 Å². The monoisotopic (exact) mass is 260 g/mol. The fourth-order valence-corrected chi connectivity index (χ4v) is 1.91. The number of sulfonamides is 1. The van der Waals surface area contributed by atoms with Crippen LogP contribution in [-0.4, -0.2) is 47.0 Å². The summed E-state index contributed by atoms with van der Waals surface area (Å²) in [4.78, 5) is 0. The second-order valence-electron chi connectivity index (χ2n) is 3.06. The van der Waals surface area contributed by atoms with E-state index in [0.717, 1.165) is 6.54 Å². The van der Waals surface area contributed by atoms with Gasteiger partial charge in [-0.05, 0) is 13.5 Å². The maximum Gasteiger partial charge on any atom is 0.216 e. The standard InChI is InChI=1S/C8H20N2O3S.ClH/c1-4-9-5-6-10-14(11,12)8(2)7-13-3;/h8-10H,4-7H2,1-3H3;1H. The molecular weight excluding hydrogens is 240 g/mol. The Morgan fingerprint density at radius 2 is 1.93 bits per heavy atom. The third-order valence-electron chi connectivity index (χ3n) is 1.79. The van der Waals surface area contributed by atoms with E-state index in [1.807, 2.05) is 6.92 Å². The van der Waals surface area contributed by atoms with Crippen molar-refractivity contribution >= 4 is 22.4 Å². The molecule has 0 saturated heterocycles. The van der Waals surface area contributed by atoms with Crippen LogP contribution in [0.25, 0.3) is 0 Å². The van der Waals surface area contributed by atoms with Crippen molar-refractivity contribution < 1.29 is 13.2 Å². The summed E-state index contributed by atoms with van der Waals surface area (Å²) in [6.07, 6.45) is 0. The molecule has 15 heavy (non-hydrogen) atoms. The highest BCUT2D eigenvalue weighted by molar-refractivity contribution is 7.90. The van der Waals surface area contributed by atoms with Crippen LogP contribution in [0.2, 0.25) is 0 Å². The van der Waals surface area contributed by atoms with Crippen LogP contribution in [0.4, 0.5) is 0 Å². The van der Waals surface area contributed by atoms with Crippen molar-refractivity contribution in [2.24, 2.45) is 0 Å². The molecule has 0 bridgehead atoms. The number of rotatable bonds is 8. The zero-order valence-corrected chi connectivity index (χ0v) is 11.1. The Morgan fingerprint density at radius 3 is 2.40 bits per heavy atom. The largest absolute Gasteiger partial charge is 0.383 e. The molecule has 0 saturated carbocycles. The highest BCUT2D eigenvalue weighted by atomic mass is 35.5. The Bertz CT molecular complexity index is 234. The molecule has 5 nitrogen and oxygen atoms in total. The van der Waals surface area contributed by atoms with Crippen LogP contribution < -0.4 is 10.0 Å². The van der Waals surface area contributed by atoms with Gasteiger partial charge in [-0.3, -0.25) is 0 Å². The average Bonchev–Trinajstić information content (AvgIpc) is 2.13. The van der Waals surface area contributed by atoms with Gasteiger partial charge in [0.05, 0.1) is 11.9 Å². The first-order valence-electron chi connectivity index (χ1n) is 4.72. The third kappa shape index (κ3) is 7.98. The molecule has 0 radical (unpaired) electrons. The van der Waals surface area contributed by atoms with Gasteiger partial charge in [0.1, 0.15) is 0 Å². The summed E-state index contributed by atoms with van der Waals surface area (Å²) in [5.41, 5.74) is 0. The third-order valence-corrected chi connectivity index (χ3v) is 3.59. The van der Waals surface area contributed by atoms with Crippen LogP contribution in [0.15, 0.2) is 0 Å². The van der Waals surface area contributed by atoms with E-state index < -0.39 is 15.3 Å². The second kappa shape index (κ2) is 9.35. The Kier molecular flexibility index (Phi) is 10.9. The van der Waals surface area contributed by atoms with Gasteiger partial charge in [-0.2, -0.15) is 0 Å². The smallest absolute Gasteiger partial charge is 0.216 e. The van der Waals surface area contributed by atoms with Gasteiger partial charge in [0, 0.05) is 20.2 Å². The zero-order valence-electron chi connectivity index (χ0n) is 9.45. The van der Waals surface area contributed by atoms with Gasteiger partial charge in [0.25, 0.3) is 0 Å². The molecule has 2 N–H and O–H groups in total. The molecule has 0 aliphatic carbocycles. The fraction of sp³-hybridized carbons (Fsp3) is 1.00. The highest BCUT2D eigenvalue weighted by Gasteiger charge is 2.19. The Hall–Kier alpha value is 0.120. The lowest BCUT2D eigenvalue weighted by molar-refractivity contribution is 0.200.